The second-order valence-corrected chi connectivity index (χ2v) is 4.73. The summed E-state index contributed by atoms with van der Waals surface area (Å²) in [6.45, 7) is 0. The highest BCUT2D eigenvalue weighted by molar-refractivity contribution is 5.42. The second-order valence-electron chi connectivity index (χ2n) is 4.73. The molecule has 0 aromatic heterocycles. The predicted molar refractivity (Wildman–Crippen MR) is 63.6 cm³/mol. The van der Waals surface area contributed by atoms with Gasteiger partial charge < -0.3 is 15.6 Å². The van der Waals surface area contributed by atoms with Gasteiger partial charge in [0, 0.05) is 5.54 Å². The van der Waals surface area contributed by atoms with E-state index in [-0.39, 0.29) is 5.75 Å². The lowest BCUT2D eigenvalue weighted by Crippen LogP contribution is -2.38. The molecule has 94 valence electrons. The van der Waals surface area contributed by atoms with Gasteiger partial charge in [0.2, 0.25) is 5.82 Å². The average molecular weight is 239 g/mol. The Labute approximate surface area is 100 Å². The summed E-state index contributed by atoms with van der Waals surface area (Å²) in [6.07, 6.45) is 5.04. The molecular formula is C13H18FNO2. The average Bonchev–Trinajstić information content (AvgIpc) is 2.33. The van der Waals surface area contributed by atoms with Crippen LogP contribution < -0.4 is 10.5 Å². The van der Waals surface area contributed by atoms with Crippen molar-refractivity contribution in [1.29, 1.82) is 0 Å². The van der Waals surface area contributed by atoms with Crippen LogP contribution in [-0.4, -0.2) is 12.2 Å². The maximum atomic E-state index is 13.5. The maximum Gasteiger partial charge on any atom is 0.206 e. The van der Waals surface area contributed by atoms with Crippen LogP contribution >= 0.6 is 0 Å². The van der Waals surface area contributed by atoms with Gasteiger partial charge >= 0.3 is 0 Å². The molecule has 1 aliphatic rings. The number of aromatic hydroxyl groups is 1. The first kappa shape index (κ1) is 12.2. The van der Waals surface area contributed by atoms with E-state index in [0.717, 1.165) is 31.2 Å². The Kier molecular flexibility index (Phi) is 3.24. The fourth-order valence-electron chi connectivity index (χ4n) is 2.49. The summed E-state index contributed by atoms with van der Waals surface area (Å²) < 4.78 is 18.4. The van der Waals surface area contributed by atoms with E-state index < -0.39 is 17.1 Å². The highest BCUT2D eigenvalue weighted by Crippen LogP contribution is 2.39. The predicted octanol–water partition coefficient (Wildman–Crippen LogP) is 2.66. The Morgan fingerprint density at radius 1 is 1.29 bits per heavy atom. The topological polar surface area (TPSA) is 55.5 Å². The number of hydrogen-bond donors (Lipinski definition) is 2. The van der Waals surface area contributed by atoms with Gasteiger partial charge in [0.05, 0.1) is 7.11 Å². The molecule has 0 radical (unpaired) electrons. The number of phenolic OH excluding ortho intramolecular Hbond substituents is 1. The summed E-state index contributed by atoms with van der Waals surface area (Å²) in [5.41, 5.74) is 6.63. The summed E-state index contributed by atoms with van der Waals surface area (Å²) in [7, 11) is 1.38. The third-order valence-electron chi connectivity index (χ3n) is 3.56. The molecule has 1 aromatic rings. The molecule has 1 aromatic carbocycles. The summed E-state index contributed by atoms with van der Waals surface area (Å²) in [6, 6.07) is 3.02. The van der Waals surface area contributed by atoms with E-state index in [2.05, 4.69) is 0 Å². The molecule has 2 rings (SSSR count). The van der Waals surface area contributed by atoms with E-state index in [1.165, 1.54) is 19.6 Å². The fraction of sp³-hybridized carbons (Fsp3) is 0.538. The molecule has 0 unspecified atom stereocenters. The summed E-state index contributed by atoms with van der Waals surface area (Å²) in [5.74, 6) is -1.07. The molecule has 1 aliphatic carbocycles. The van der Waals surface area contributed by atoms with Crippen molar-refractivity contribution in [3.8, 4) is 11.5 Å². The lowest BCUT2D eigenvalue weighted by molar-refractivity contribution is 0.297. The minimum absolute atomic E-state index is 0.0513. The Bertz CT molecular complexity index is 414. The smallest absolute Gasteiger partial charge is 0.206 e. The van der Waals surface area contributed by atoms with Crippen LogP contribution in [0.3, 0.4) is 0 Å². The standard InChI is InChI=1S/C13H18FNO2/c1-17-11-8-9(7-10(16)12(11)14)13(15)5-3-2-4-6-13/h7-8,16H,2-6,15H2,1H3. The van der Waals surface area contributed by atoms with E-state index in [9.17, 15) is 9.50 Å². The van der Waals surface area contributed by atoms with Crippen LogP contribution in [0.4, 0.5) is 4.39 Å². The van der Waals surface area contributed by atoms with E-state index in [1.807, 2.05) is 0 Å². The highest BCUT2D eigenvalue weighted by Gasteiger charge is 2.31. The normalized spacial score (nSPS) is 19.0. The quantitative estimate of drug-likeness (QED) is 0.834. The van der Waals surface area contributed by atoms with Crippen LogP contribution in [0.25, 0.3) is 0 Å². The number of halogens is 1. The summed E-state index contributed by atoms with van der Waals surface area (Å²) >= 11 is 0. The first-order valence-corrected chi connectivity index (χ1v) is 5.93. The number of methoxy groups -OCH3 is 1. The number of hydrogen-bond acceptors (Lipinski definition) is 3. The molecule has 0 saturated heterocycles. The minimum atomic E-state index is -0.726. The number of rotatable bonds is 2. The SMILES string of the molecule is COc1cc(C2(N)CCCCC2)cc(O)c1F. The van der Waals surface area contributed by atoms with E-state index in [4.69, 9.17) is 10.5 Å². The molecule has 3 N–H and O–H groups in total. The Morgan fingerprint density at radius 2 is 1.94 bits per heavy atom. The van der Waals surface area contributed by atoms with Crippen LogP contribution in [0, 0.1) is 5.82 Å². The number of phenols is 1. The zero-order chi connectivity index (χ0) is 12.5. The molecule has 1 saturated carbocycles. The Balaban J connectivity index is 2.41. The lowest BCUT2D eigenvalue weighted by Gasteiger charge is -2.34. The van der Waals surface area contributed by atoms with E-state index >= 15 is 0 Å². The first-order chi connectivity index (χ1) is 8.07. The molecule has 0 heterocycles. The zero-order valence-corrected chi connectivity index (χ0v) is 10.0. The van der Waals surface area contributed by atoms with Gasteiger partial charge in [0.1, 0.15) is 0 Å². The molecule has 0 bridgehead atoms. The van der Waals surface area contributed by atoms with Gasteiger partial charge in [0.25, 0.3) is 0 Å². The number of ether oxygens (including phenoxy) is 1. The molecule has 1 fully saturated rings. The molecule has 4 heteroatoms. The van der Waals surface area contributed by atoms with Crippen molar-refractivity contribution >= 4 is 0 Å². The van der Waals surface area contributed by atoms with Crippen LogP contribution in [-0.2, 0) is 5.54 Å². The van der Waals surface area contributed by atoms with Crippen molar-refractivity contribution in [2.45, 2.75) is 37.6 Å². The maximum absolute atomic E-state index is 13.5. The molecule has 3 nitrogen and oxygen atoms in total. The van der Waals surface area contributed by atoms with Crippen molar-refractivity contribution in [2.75, 3.05) is 7.11 Å². The largest absolute Gasteiger partial charge is 0.505 e. The van der Waals surface area contributed by atoms with Crippen molar-refractivity contribution < 1.29 is 14.2 Å². The third kappa shape index (κ3) is 2.22. The Morgan fingerprint density at radius 3 is 2.53 bits per heavy atom. The monoisotopic (exact) mass is 239 g/mol. The molecule has 0 amide bonds. The fourth-order valence-corrected chi connectivity index (χ4v) is 2.49. The first-order valence-electron chi connectivity index (χ1n) is 5.93. The van der Waals surface area contributed by atoms with Gasteiger partial charge in [-0.05, 0) is 30.5 Å². The van der Waals surface area contributed by atoms with Crippen LogP contribution in [0.15, 0.2) is 12.1 Å². The third-order valence-corrected chi connectivity index (χ3v) is 3.56. The summed E-state index contributed by atoms with van der Waals surface area (Å²) in [5, 5.41) is 9.55. The molecule has 0 atom stereocenters. The van der Waals surface area contributed by atoms with Crippen molar-refractivity contribution in [1.82, 2.24) is 0 Å². The van der Waals surface area contributed by atoms with Crippen LogP contribution in [0.1, 0.15) is 37.7 Å². The molecule has 0 aliphatic heterocycles. The van der Waals surface area contributed by atoms with E-state index in [0.29, 0.717) is 0 Å². The van der Waals surface area contributed by atoms with Gasteiger partial charge in [-0.1, -0.05) is 19.3 Å². The highest BCUT2D eigenvalue weighted by atomic mass is 19.1. The Hall–Kier alpha value is -1.29. The number of benzene rings is 1. The molecule has 17 heavy (non-hydrogen) atoms. The molecule has 0 spiro atoms. The van der Waals surface area contributed by atoms with Gasteiger partial charge in [-0.25, -0.2) is 0 Å². The lowest BCUT2D eigenvalue weighted by atomic mass is 9.77. The van der Waals surface area contributed by atoms with Crippen molar-refractivity contribution in [3.05, 3.63) is 23.5 Å². The zero-order valence-electron chi connectivity index (χ0n) is 10.0. The number of nitrogens with two attached hydrogens (primary N) is 1. The second kappa shape index (κ2) is 4.53. The molecular weight excluding hydrogens is 221 g/mol. The van der Waals surface area contributed by atoms with Crippen LogP contribution in [0.5, 0.6) is 11.5 Å². The van der Waals surface area contributed by atoms with Crippen LogP contribution in [0.2, 0.25) is 0 Å². The van der Waals surface area contributed by atoms with E-state index in [1.54, 1.807) is 6.07 Å². The minimum Gasteiger partial charge on any atom is -0.505 e. The van der Waals surface area contributed by atoms with Crippen molar-refractivity contribution in [2.24, 2.45) is 5.73 Å². The summed E-state index contributed by atoms with van der Waals surface area (Å²) in [4.78, 5) is 0. The van der Waals surface area contributed by atoms with Gasteiger partial charge in [-0.15, -0.1) is 0 Å². The van der Waals surface area contributed by atoms with Gasteiger partial charge in [0.15, 0.2) is 11.5 Å². The van der Waals surface area contributed by atoms with Crippen molar-refractivity contribution in [3.63, 3.8) is 0 Å². The van der Waals surface area contributed by atoms with Gasteiger partial charge in [-0.3, -0.25) is 0 Å². The van der Waals surface area contributed by atoms with Gasteiger partial charge in [-0.2, -0.15) is 4.39 Å².